The number of aromatic nitrogens is 2. The molecule has 3 aromatic rings. The summed E-state index contributed by atoms with van der Waals surface area (Å²) in [5.41, 5.74) is 7.28. The van der Waals surface area contributed by atoms with E-state index in [1.165, 1.54) is 22.0 Å². The molecular formula is C22H27N3. The number of pyridine rings is 1. The third-order valence-corrected chi connectivity index (χ3v) is 5.78. The van der Waals surface area contributed by atoms with E-state index in [2.05, 4.69) is 65.7 Å². The minimum atomic E-state index is 0.599. The monoisotopic (exact) mass is 333 g/mol. The van der Waals surface area contributed by atoms with Gasteiger partial charge in [0.05, 0.1) is 0 Å². The van der Waals surface area contributed by atoms with Crippen LogP contribution in [0.3, 0.4) is 0 Å². The van der Waals surface area contributed by atoms with Gasteiger partial charge in [0.2, 0.25) is 0 Å². The number of rotatable bonds is 4. The molecule has 1 unspecified atom stereocenters. The Balaban J connectivity index is 1.78. The van der Waals surface area contributed by atoms with Crippen molar-refractivity contribution in [1.29, 1.82) is 0 Å². The van der Waals surface area contributed by atoms with E-state index in [4.69, 9.17) is 0 Å². The maximum atomic E-state index is 4.14. The molecule has 0 bridgehead atoms. The largest absolute Gasteiger partial charge is 0.344 e. The van der Waals surface area contributed by atoms with Gasteiger partial charge in [-0.25, -0.2) is 0 Å². The Morgan fingerprint density at radius 3 is 2.68 bits per heavy atom. The molecule has 3 nitrogen and oxygen atoms in total. The molecule has 130 valence electrons. The summed E-state index contributed by atoms with van der Waals surface area (Å²) in [5, 5.41) is 1.46. The number of hydrogen-bond acceptors (Lipinski definition) is 2. The highest BCUT2D eigenvalue weighted by molar-refractivity contribution is 5.86. The van der Waals surface area contributed by atoms with E-state index in [0.717, 1.165) is 32.4 Å². The van der Waals surface area contributed by atoms with Gasteiger partial charge in [-0.05, 0) is 67.8 Å². The van der Waals surface area contributed by atoms with Crippen molar-refractivity contribution in [3.63, 3.8) is 0 Å². The van der Waals surface area contributed by atoms with E-state index in [9.17, 15) is 0 Å². The van der Waals surface area contributed by atoms with E-state index in [1.807, 2.05) is 12.4 Å². The maximum Gasteiger partial charge on any atom is 0.0486 e. The van der Waals surface area contributed by atoms with E-state index in [-0.39, 0.29) is 0 Å². The molecule has 2 aromatic heterocycles. The van der Waals surface area contributed by atoms with Crippen molar-refractivity contribution in [1.82, 2.24) is 14.5 Å². The lowest BCUT2D eigenvalue weighted by Crippen LogP contribution is -2.35. The summed E-state index contributed by atoms with van der Waals surface area (Å²) in [6.45, 7) is 6.67. The molecule has 0 saturated carbocycles. The van der Waals surface area contributed by atoms with Gasteiger partial charge in [-0.3, -0.25) is 9.88 Å². The Hall–Kier alpha value is -2.13. The average molecular weight is 333 g/mol. The second-order valence-corrected chi connectivity index (χ2v) is 7.36. The third-order valence-electron chi connectivity index (χ3n) is 5.78. The van der Waals surface area contributed by atoms with Crippen molar-refractivity contribution in [2.45, 2.75) is 52.2 Å². The van der Waals surface area contributed by atoms with Crippen molar-refractivity contribution in [3.05, 3.63) is 65.1 Å². The topological polar surface area (TPSA) is 21.1 Å². The zero-order valence-corrected chi connectivity index (χ0v) is 15.5. The molecule has 1 atom stereocenters. The number of likely N-dealkylation sites (N-methyl/N-ethyl adjacent to an activating group) is 1. The van der Waals surface area contributed by atoms with Gasteiger partial charge in [0.1, 0.15) is 0 Å². The Kier molecular flexibility index (Phi) is 4.34. The van der Waals surface area contributed by atoms with Gasteiger partial charge in [-0.15, -0.1) is 0 Å². The van der Waals surface area contributed by atoms with Crippen LogP contribution in [0.5, 0.6) is 0 Å². The van der Waals surface area contributed by atoms with Gasteiger partial charge in [-0.1, -0.05) is 13.0 Å². The molecule has 0 fully saturated rings. The van der Waals surface area contributed by atoms with Gasteiger partial charge in [-0.2, -0.15) is 0 Å². The predicted molar refractivity (Wildman–Crippen MR) is 104 cm³/mol. The lowest BCUT2D eigenvalue weighted by molar-refractivity contribution is 0.228. The van der Waals surface area contributed by atoms with Crippen LogP contribution in [0.2, 0.25) is 0 Å². The first-order valence-electron chi connectivity index (χ1n) is 9.39. The number of nitrogens with zero attached hydrogens (tertiary/aromatic N) is 3. The van der Waals surface area contributed by atoms with Crippen LogP contribution in [-0.4, -0.2) is 27.5 Å². The SMILES string of the molecule is CCc1ccc2c(c1)c1c(n2CCc2ccncc2)CC(C)N(C)C1. The van der Waals surface area contributed by atoms with Crippen molar-refractivity contribution >= 4 is 10.9 Å². The number of benzene rings is 1. The number of fused-ring (bicyclic) bond motifs is 3. The minimum absolute atomic E-state index is 0.599. The molecule has 1 aliphatic heterocycles. The van der Waals surface area contributed by atoms with Crippen LogP contribution >= 0.6 is 0 Å². The smallest absolute Gasteiger partial charge is 0.0486 e. The molecule has 3 heteroatoms. The van der Waals surface area contributed by atoms with Crippen LogP contribution in [0.15, 0.2) is 42.7 Å². The highest BCUT2D eigenvalue weighted by atomic mass is 15.1. The summed E-state index contributed by atoms with van der Waals surface area (Å²) in [7, 11) is 2.25. The summed E-state index contributed by atoms with van der Waals surface area (Å²) in [5.74, 6) is 0. The normalized spacial score (nSPS) is 17.8. The lowest BCUT2D eigenvalue weighted by Gasteiger charge is -2.31. The fraction of sp³-hybridized carbons (Fsp3) is 0.409. The molecule has 0 radical (unpaired) electrons. The lowest BCUT2D eigenvalue weighted by atomic mass is 9.99. The summed E-state index contributed by atoms with van der Waals surface area (Å²) in [6, 6.07) is 11.9. The Morgan fingerprint density at radius 1 is 1.12 bits per heavy atom. The minimum Gasteiger partial charge on any atom is -0.344 e. The van der Waals surface area contributed by atoms with E-state index in [0.29, 0.717) is 6.04 Å². The Morgan fingerprint density at radius 2 is 1.92 bits per heavy atom. The van der Waals surface area contributed by atoms with Gasteiger partial charge in [0.15, 0.2) is 0 Å². The molecular weight excluding hydrogens is 306 g/mol. The van der Waals surface area contributed by atoms with Crippen LogP contribution in [0.4, 0.5) is 0 Å². The second-order valence-electron chi connectivity index (χ2n) is 7.36. The molecule has 3 heterocycles. The maximum absolute atomic E-state index is 4.14. The number of aryl methyl sites for hydroxylation is 3. The first-order valence-corrected chi connectivity index (χ1v) is 9.39. The van der Waals surface area contributed by atoms with Crippen molar-refractivity contribution in [3.8, 4) is 0 Å². The Bertz CT molecular complexity index is 879. The van der Waals surface area contributed by atoms with Crippen molar-refractivity contribution in [2.24, 2.45) is 0 Å². The highest BCUT2D eigenvalue weighted by Gasteiger charge is 2.26. The molecule has 25 heavy (non-hydrogen) atoms. The first-order chi connectivity index (χ1) is 12.2. The zero-order valence-electron chi connectivity index (χ0n) is 15.5. The molecule has 0 spiro atoms. The first kappa shape index (κ1) is 16.3. The van der Waals surface area contributed by atoms with Gasteiger partial charge in [0, 0.05) is 54.5 Å². The van der Waals surface area contributed by atoms with E-state index in [1.54, 1.807) is 11.3 Å². The zero-order chi connectivity index (χ0) is 17.4. The molecule has 1 aromatic carbocycles. The molecule has 0 N–H and O–H groups in total. The quantitative estimate of drug-likeness (QED) is 0.713. The fourth-order valence-corrected chi connectivity index (χ4v) is 4.04. The third kappa shape index (κ3) is 2.98. The van der Waals surface area contributed by atoms with Crippen LogP contribution in [-0.2, 0) is 32.4 Å². The Labute approximate surface area is 150 Å². The molecule has 0 saturated heterocycles. The summed E-state index contributed by atoms with van der Waals surface area (Å²) in [6.07, 6.45) is 7.07. The highest BCUT2D eigenvalue weighted by Crippen LogP contribution is 2.33. The van der Waals surface area contributed by atoms with E-state index >= 15 is 0 Å². The van der Waals surface area contributed by atoms with Crippen LogP contribution in [0.25, 0.3) is 10.9 Å². The van der Waals surface area contributed by atoms with Crippen molar-refractivity contribution < 1.29 is 0 Å². The average Bonchev–Trinajstić information content (AvgIpc) is 2.93. The summed E-state index contributed by atoms with van der Waals surface area (Å²) < 4.78 is 2.58. The van der Waals surface area contributed by atoms with E-state index < -0.39 is 0 Å². The van der Waals surface area contributed by atoms with Crippen LogP contribution in [0, 0.1) is 0 Å². The van der Waals surface area contributed by atoms with Gasteiger partial charge < -0.3 is 4.57 Å². The molecule has 1 aliphatic rings. The molecule has 0 amide bonds. The van der Waals surface area contributed by atoms with Crippen molar-refractivity contribution in [2.75, 3.05) is 7.05 Å². The second kappa shape index (κ2) is 6.64. The summed E-state index contributed by atoms with van der Waals surface area (Å²) >= 11 is 0. The molecule has 0 aliphatic carbocycles. The van der Waals surface area contributed by atoms with Gasteiger partial charge >= 0.3 is 0 Å². The van der Waals surface area contributed by atoms with Crippen LogP contribution < -0.4 is 0 Å². The standard InChI is InChI=1S/C22H27N3/c1-4-17-5-6-21-19(14-17)20-15-24(3)16(2)13-22(20)25(21)12-9-18-7-10-23-11-8-18/h5-8,10-11,14,16H,4,9,12-13,15H2,1-3H3. The predicted octanol–water partition coefficient (Wildman–Crippen LogP) is 4.22. The molecule has 4 rings (SSSR count). The fourth-order valence-electron chi connectivity index (χ4n) is 4.04. The summed E-state index contributed by atoms with van der Waals surface area (Å²) in [4.78, 5) is 6.62. The van der Waals surface area contributed by atoms with Gasteiger partial charge in [0.25, 0.3) is 0 Å². The number of hydrogen-bond donors (Lipinski definition) is 0. The van der Waals surface area contributed by atoms with Crippen LogP contribution in [0.1, 0.15) is 36.2 Å².